The van der Waals surface area contributed by atoms with Crippen LogP contribution in [0.25, 0.3) is 0 Å². The molecule has 1 atom stereocenters. The zero-order valence-corrected chi connectivity index (χ0v) is 15.9. The van der Waals surface area contributed by atoms with Crippen LogP contribution < -0.4 is 10.7 Å². The van der Waals surface area contributed by atoms with Gasteiger partial charge in [0.1, 0.15) is 6.04 Å². The van der Waals surface area contributed by atoms with Gasteiger partial charge < -0.3 is 5.32 Å². The number of amides is 1. The Morgan fingerprint density at radius 3 is 2.25 bits per heavy atom. The van der Waals surface area contributed by atoms with Crippen LogP contribution in [0.1, 0.15) is 30.5 Å². The fraction of sp³-hybridized carbons (Fsp3) is 0.263. The Hall–Kier alpha value is -2.14. The van der Waals surface area contributed by atoms with Crippen molar-refractivity contribution in [3.63, 3.8) is 0 Å². The second kappa shape index (κ2) is 8.11. The summed E-state index contributed by atoms with van der Waals surface area (Å²) < 4.78 is 1.01. The van der Waals surface area contributed by atoms with E-state index in [1.54, 1.807) is 0 Å². The van der Waals surface area contributed by atoms with Gasteiger partial charge in [-0.05, 0) is 56.5 Å². The molecule has 0 bridgehead atoms. The van der Waals surface area contributed by atoms with Crippen molar-refractivity contribution in [3.8, 4) is 0 Å². The highest BCUT2D eigenvalue weighted by atomic mass is 79.9. The molecule has 2 aromatic rings. The van der Waals surface area contributed by atoms with Crippen LogP contribution in [0.15, 0.2) is 52.0 Å². The highest BCUT2D eigenvalue weighted by Gasteiger charge is 2.14. The molecule has 2 N–H and O–H groups in total. The largest absolute Gasteiger partial charge is 0.373 e. The molecule has 24 heavy (non-hydrogen) atoms. The van der Waals surface area contributed by atoms with Gasteiger partial charge in [-0.3, -0.25) is 4.79 Å². The molecule has 4 nitrogen and oxygen atoms in total. The van der Waals surface area contributed by atoms with Gasteiger partial charge in [-0.2, -0.15) is 5.10 Å². The molecule has 1 amide bonds. The molecule has 0 heterocycles. The van der Waals surface area contributed by atoms with E-state index in [4.69, 9.17) is 0 Å². The molecular formula is C19H22BrN3O. The van der Waals surface area contributed by atoms with Crippen molar-refractivity contribution in [2.75, 3.05) is 5.32 Å². The Labute approximate surface area is 151 Å². The van der Waals surface area contributed by atoms with Crippen LogP contribution in [-0.2, 0) is 4.79 Å². The van der Waals surface area contributed by atoms with Crippen LogP contribution in [0.2, 0.25) is 0 Å². The molecule has 0 radical (unpaired) electrons. The van der Waals surface area contributed by atoms with E-state index >= 15 is 0 Å². The highest BCUT2D eigenvalue weighted by Crippen LogP contribution is 2.20. The van der Waals surface area contributed by atoms with E-state index in [1.807, 2.05) is 70.2 Å². The number of nitrogens with one attached hydrogen (secondary N) is 2. The van der Waals surface area contributed by atoms with Crippen LogP contribution in [0.3, 0.4) is 0 Å². The molecule has 0 fully saturated rings. The predicted octanol–water partition coefficient (Wildman–Crippen LogP) is 4.41. The lowest BCUT2D eigenvalue weighted by atomic mass is 10.1. The zero-order valence-electron chi connectivity index (χ0n) is 14.4. The van der Waals surface area contributed by atoms with Crippen LogP contribution >= 0.6 is 15.9 Å². The highest BCUT2D eigenvalue weighted by molar-refractivity contribution is 9.10. The number of para-hydroxylation sites is 1. The number of anilines is 1. The minimum Gasteiger partial charge on any atom is -0.373 e. The molecule has 0 aliphatic rings. The maximum Gasteiger partial charge on any atom is 0.262 e. The van der Waals surface area contributed by atoms with Crippen molar-refractivity contribution in [1.29, 1.82) is 0 Å². The van der Waals surface area contributed by atoms with E-state index in [-0.39, 0.29) is 11.9 Å². The van der Waals surface area contributed by atoms with Crippen molar-refractivity contribution in [3.05, 3.63) is 63.6 Å². The predicted molar refractivity (Wildman–Crippen MR) is 103 cm³/mol. The summed E-state index contributed by atoms with van der Waals surface area (Å²) >= 11 is 3.40. The monoisotopic (exact) mass is 387 g/mol. The molecule has 0 spiro atoms. The smallest absolute Gasteiger partial charge is 0.262 e. The van der Waals surface area contributed by atoms with Gasteiger partial charge in [-0.15, -0.1) is 0 Å². The van der Waals surface area contributed by atoms with Gasteiger partial charge in [0.25, 0.3) is 5.91 Å². The second-order valence-electron chi connectivity index (χ2n) is 5.81. The minimum absolute atomic E-state index is 0.172. The number of benzene rings is 2. The number of hydrogen-bond acceptors (Lipinski definition) is 3. The van der Waals surface area contributed by atoms with Gasteiger partial charge >= 0.3 is 0 Å². The van der Waals surface area contributed by atoms with Crippen molar-refractivity contribution < 1.29 is 4.79 Å². The third-order valence-corrected chi connectivity index (χ3v) is 4.36. The van der Waals surface area contributed by atoms with Crippen LogP contribution in [-0.4, -0.2) is 17.7 Å². The summed E-state index contributed by atoms with van der Waals surface area (Å²) in [4.78, 5) is 12.3. The maximum atomic E-state index is 12.3. The average molecular weight is 388 g/mol. The lowest BCUT2D eigenvalue weighted by Gasteiger charge is -2.17. The van der Waals surface area contributed by atoms with E-state index in [0.717, 1.165) is 32.6 Å². The molecule has 0 aliphatic carbocycles. The number of nitrogens with zero attached hydrogens (tertiary/aromatic N) is 1. The summed E-state index contributed by atoms with van der Waals surface area (Å²) in [6.45, 7) is 7.74. The number of carbonyl (C=O) groups excluding carboxylic acids is 1. The van der Waals surface area contributed by atoms with Gasteiger partial charge in [0.05, 0.1) is 5.71 Å². The third kappa shape index (κ3) is 4.68. The summed E-state index contributed by atoms with van der Waals surface area (Å²) in [5.74, 6) is -0.172. The fourth-order valence-electron chi connectivity index (χ4n) is 2.32. The SMILES string of the molecule is C/C(=N/NC(=O)[C@H](C)Nc1c(C)cccc1C)c1ccc(Br)cc1. The molecule has 2 aromatic carbocycles. The van der Waals surface area contributed by atoms with E-state index in [2.05, 4.69) is 31.8 Å². The van der Waals surface area contributed by atoms with Crippen molar-refractivity contribution in [2.45, 2.75) is 33.7 Å². The van der Waals surface area contributed by atoms with Crippen LogP contribution in [0, 0.1) is 13.8 Å². The van der Waals surface area contributed by atoms with Gasteiger partial charge in [0.2, 0.25) is 0 Å². The fourth-order valence-corrected chi connectivity index (χ4v) is 2.58. The molecule has 2 rings (SSSR count). The number of halogens is 1. The second-order valence-corrected chi connectivity index (χ2v) is 6.73. The summed E-state index contributed by atoms with van der Waals surface area (Å²) in [6, 6.07) is 13.5. The Morgan fingerprint density at radius 1 is 1.08 bits per heavy atom. The normalized spacial score (nSPS) is 12.6. The first-order valence-electron chi connectivity index (χ1n) is 7.81. The molecule has 0 saturated heterocycles. The topological polar surface area (TPSA) is 53.5 Å². The molecular weight excluding hydrogens is 366 g/mol. The van der Waals surface area contributed by atoms with Crippen molar-refractivity contribution in [1.82, 2.24) is 5.43 Å². The lowest BCUT2D eigenvalue weighted by Crippen LogP contribution is -2.35. The standard InChI is InChI=1S/C19H22BrN3O/c1-12-6-5-7-13(2)18(12)21-15(4)19(24)23-22-14(3)16-8-10-17(20)11-9-16/h5-11,15,21H,1-4H3,(H,23,24)/b22-14-/t15-/m0/s1. The van der Waals surface area contributed by atoms with Gasteiger partial charge in [-0.1, -0.05) is 46.3 Å². The average Bonchev–Trinajstić information content (AvgIpc) is 2.56. The Bertz CT molecular complexity index is 733. The summed E-state index contributed by atoms with van der Waals surface area (Å²) in [5, 5.41) is 7.46. The minimum atomic E-state index is -0.383. The molecule has 0 saturated carbocycles. The number of aryl methyl sites for hydroxylation is 2. The number of rotatable bonds is 5. The van der Waals surface area contributed by atoms with Crippen LogP contribution in [0.5, 0.6) is 0 Å². The quantitative estimate of drug-likeness (QED) is 0.589. The molecule has 126 valence electrons. The summed E-state index contributed by atoms with van der Waals surface area (Å²) in [5.41, 5.74) is 7.58. The molecule has 0 unspecified atom stereocenters. The third-order valence-electron chi connectivity index (χ3n) is 3.83. The van der Waals surface area contributed by atoms with Crippen LogP contribution in [0.4, 0.5) is 5.69 Å². The van der Waals surface area contributed by atoms with Gasteiger partial charge in [0.15, 0.2) is 0 Å². The first-order valence-corrected chi connectivity index (χ1v) is 8.60. The van der Waals surface area contributed by atoms with Gasteiger partial charge in [-0.25, -0.2) is 5.43 Å². The molecule has 5 heteroatoms. The van der Waals surface area contributed by atoms with E-state index < -0.39 is 0 Å². The Morgan fingerprint density at radius 2 is 1.67 bits per heavy atom. The van der Waals surface area contributed by atoms with E-state index in [9.17, 15) is 4.79 Å². The van der Waals surface area contributed by atoms with E-state index in [0.29, 0.717) is 0 Å². The van der Waals surface area contributed by atoms with Crippen molar-refractivity contribution >= 4 is 33.2 Å². The maximum absolute atomic E-state index is 12.3. The molecule has 0 aromatic heterocycles. The number of hydrogen-bond donors (Lipinski definition) is 2. The zero-order chi connectivity index (χ0) is 17.7. The summed E-state index contributed by atoms with van der Waals surface area (Å²) in [6.07, 6.45) is 0. The molecule has 0 aliphatic heterocycles. The Balaban J connectivity index is 2.01. The first kappa shape index (κ1) is 18.2. The summed E-state index contributed by atoms with van der Waals surface area (Å²) in [7, 11) is 0. The van der Waals surface area contributed by atoms with Gasteiger partial charge in [0, 0.05) is 10.2 Å². The lowest BCUT2D eigenvalue weighted by molar-refractivity contribution is -0.121. The number of hydrazone groups is 1. The first-order chi connectivity index (χ1) is 11.4. The van der Waals surface area contributed by atoms with Crippen molar-refractivity contribution in [2.24, 2.45) is 5.10 Å². The van der Waals surface area contributed by atoms with E-state index in [1.165, 1.54) is 0 Å². The Kier molecular flexibility index (Phi) is 6.15. The number of carbonyl (C=O) groups is 1.